The molecule has 9 nitrogen and oxygen atoms in total. The van der Waals surface area contributed by atoms with Gasteiger partial charge in [0.25, 0.3) is 10.0 Å². The van der Waals surface area contributed by atoms with Crippen molar-refractivity contribution in [2.24, 2.45) is 5.41 Å². The van der Waals surface area contributed by atoms with Gasteiger partial charge in [-0.1, -0.05) is 31.4 Å². The molecule has 0 spiro atoms. The molecule has 2 aromatic carbocycles. The van der Waals surface area contributed by atoms with Gasteiger partial charge in [-0.05, 0) is 63.1 Å². The largest absolute Gasteiger partial charge is 0.484 e. The first-order chi connectivity index (χ1) is 19.4. The molecule has 1 heterocycles. The number of rotatable bonds is 7. The number of benzene rings is 2. The molecule has 0 saturated heterocycles. The van der Waals surface area contributed by atoms with E-state index in [1.54, 1.807) is 0 Å². The Morgan fingerprint density at radius 1 is 1.14 bits per heavy atom. The van der Waals surface area contributed by atoms with Crippen LogP contribution in [0.3, 0.4) is 0 Å². The zero-order valence-corrected chi connectivity index (χ0v) is 24.6. The summed E-state index contributed by atoms with van der Waals surface area (Å²) in [5.74, 6) is -0.946. The topological polar surface area (TPSA) is 114 Å². The summed E-state index contributed by atoms with van der Waals surface area (Å²) >= 11 is 5.84. The minimum atomic E-state index is -4.84. The monoisotopic (exact) mass is 635 g/mol. The van der Waals surface area contributed by atoms with E-state index in [9.17, 15) is 35.6 Å². The summed E-state index contributed by atoms with van der Waals surface area (Å²) in [7, 11) is -4.41. The van der Waals surface area contributed by atoms with Gasteiger partial charge in [0.15, 0.2) is 0 Å². The summed E-state index contributed by atoms with van der Waals surface area (Å²) in [6.07, 6.45) is -3.77. The van der Waals surface area contributed by atoms with E-state index in [-0.39, 0.29) is 41.0 Å². The first kappa shape index (κ1) is 31.7. The van der Waals surface area contributed by atoms with Gasteiger partial charge in [0, 0.05) is 11.1 Å². The molecule has 0 bridgehead atoms. The van der Waals surface area contributed by atoms with Gasteiger partial charge in [-0.15, -0.1) is 0 Å². The van der Waals surface area contributed by atoms with Crippen molar-refractivity contribution in [2.75, 3.05) is 22.7 Å². The fourth-order valence-electron chi connectivity index (χ4n) is 4.72. The number of hydrogen-bond acceptors (Lipinski definition) is 6. The number of nitrogens with one attached hydrogen (secondary N) is 2. The molecular weight excluding hydrogens is 606 g/mol. The van der Waals surface area contributed by atoms with Crippen LogP contribution in [0.15, 0.2) is 41.3 Å². The maximum Gasteiger partial charge on any atom is 0.427 e. The van der Waals surface area contributed by atoms with E-state index in [2.05, 4.69) is 15.4 Å². The molecule has 1 aliphatic carbocycles. The lowest BCUT2D eigenvalue weighted by Crippen LogP contribution is -2.50. The van der Waals surface area contributed by atoms with E-state index in [4.69, 9.17) is 16.3 Å². The van der Waals surface area contributed by atoms with Crippen LogP contribution >= 0.6 is 11.6 Å². The molecule has 15 heteroatoms. The van der Waals surface area contributed by atoms with Gasteiger partial charge < -0.3 is 14.8 Å². The lowest BCUT2D eigenvalue weighted by atomic mass is 9.88. The lowest BCUT2D eigenvalue weighted by Gasteiger charge is -2.36. The molecule has 230 valence electrons. The molecule has 2 amide bonds. The van der Waals surface area contributed by atoms with Crippen LogP contribution in [-0.4, -0.2) is 51.4 Å². The lowest BCUT2D eigenvalue weighted by molar-refractivity contribution is -0.242. The van der Waals surface area contributed by atoms with Crippen molar-refractivity contribution >= 4 is 45.0 Å². The standard InChI is InChI=1S/C27H30ClF4N3O6S/c1-25(2,27(30,31)32)41-24(37)34-16-6-9-22-21(12-16)35(42(38,39)18-7-8-20(29)19(28)13-18)15-17(40-22)14-33-23(36)26(3)10-4-5-11-26/h6-9,12-13,17H,4-5,10-11,14-15H2,1-3H3,(H,33,36)(H,34,37)/t17-/m0/s1. The molecule has 4 rings (SSSR count). The van der Waals surface area contributed by atoms with Gasteiger partial charge in [-0.25, -0.2) is 17.6 Å². The molecule has 42 heavy (non-hydrogen) atoms. The third kappa shape index (κ3) is 6.54. The number of hydrogen-bond donors (Lipinski definition) is 2. The SMILES string of the molecule is CC1(C(=O)NC[C@H]2CN(S(=O)(=O)c3ccc(F)c(Cl)c3)c3cc(NC(=O)OC(C)(C)C(F)(F)F)ccc3O2)CCCC1. The van der Waals surface area contributed by atoms with Crippen LogP contribution in [-0.2, 0) is 19.6 Å². The minimum absolute atomic E-state index is 0.0249. The second kappa shape index (κ2) is 11.4. The summed E-state index contributed by atoms with van der Waals surface area (Å²) in [6, 6.07) is 6.67. The van der Waals surface area contributed by atoms with Gasteiger partial charge in [-0.3, -0.25) is 14.4 Å². The van der Waals surface area contributed by atoms with E-state index in [1.807, 2.05) is 6.92 Å². The average Bonchev–Trinajstić information content (AvgIpc) is 3.35. The Morgan fingerprint density at radius 2 is 1.81 bits per heavy atom. The number of anilines is 2. The van der Waals surface area contributed by atoms with Crippen molar-refractivity contribution in [2.45, 2.75) is 69.2 Å². The quantitative estimate of drug-likeness (QED) is 0.360. The smallest absolute Gasteiger partial charge is 0.427 e. The highest BCUT2D eigenvalue weighted by molar-refractivity contribution is 7.92. The van der Waals surface area contributed by atoms with Crippen LogP contribution in [0.25, 0.3) is 0 Å². The zero-order chi connectivity index (χ0) is 31.1. The van der Waals surface area contributed by atoms with E-state index in [0.717, 1.165) is 48.2 Å². The number of halogens is 5. The van der Waals surface area contributed by atoms with Crippen LogP contribution in [0, 0.1) is 11.2 Å². The number of carbonyl (C=O) groups is 2. The first-order valence-corrected chi connectivity index (χ1v) is 14.9. The number of carbonyl (C=O) groups excluding carboxylic acids is 2. The Morgan fingerprint density at radius 3 is 2.43 bits per heavy atom. The van der Waals surface area contributed by atoms with E-state index >= 15 is 0 Å². The van der Waals surface area contributed by atoms with Gasteiger partial charge in [0.1, 0.15) is 17.7 Å². The number of amides is 2. The molecular formula is C27H30ClF4N3O6S. The van der Waals surface area contributed by atoms with Gasteiger partial charge >= 0.3 is 12.3 Å². The van der Waals surface area contributed by atoms with Crippen molar-refractivity contribution in [3.63, 3.8) is 0 Å². The maximum absolute atomic E-state index is 13.8. The van der Waals surface area contributed by atoms with Crippen LogP contribution < -0.4 is 19.7 Å². The van der Waals surface area contributed by atoms with Gasteiger partial charge in [0.2, 0.25) is 11.5 Å². The number of fused-ring (bicyclic) bond motifs is 1. The Hall–Kier alpha value is -3.26. The number of alkyl halides is 3. The average molecular weight is 636 g/mol. The van der Waals surface area contributed by atoms with Crippen LogP contribution in [0.1, 0.15) is 46.5 Å². The second-order valence-corrected chi connectivity index (χ2v) is 13.3. The normalized spacial score (nSPS) is 18.6. The molecule has 2 aliphatic rings. The summed E-state index contributed by atoms with van der Waals surface area (Å²) in [5, 5.41) is 4.59. The van der Waals surface area contributed by atoms with Crippen LogP contribution in [0.4, 0.5) is 33.7 Å². The molecule has 0 unspecified atom stereocenters. The maximum atomic E-state index is 13.8. The van der Waals surface area contributed by atoms with E-state index in [0.29, 0.717) is 13.8 Å². The Bertz CT molecular complexity index is 1480. The highest BCUT2D eigenvalue weighted by Crippen LogP contribution is 2.41. The minimum Gasteiger partial charge on any atom is -0.484 e. The molecule has 1 atom stereocenters. The second-order valence-electron chi connectivity index (χ2n) is 11.0. The van der Waals surface area contributed by atoms with Gasteiger partial charge in [0.05, 0.1) is 28.7 Å². The molecule has 0 aromatic heterocycles. The zero-order valence-electron chi connectivity index (χ0n) is 23.0. The highest BCUT2D eigenvalue weighted by Gasteiger charge is 2.51. The van der Waals surface area contributed by atoms with Crippen molar-refractivity contribution in [1.29, 1.82) is 0 Å². The van der Waals surface area contributed by atoms with E-state index < -0.39 is 50.3 Å². The summed E-state index contributed by atoms with van der Waals surface area (Å²) in [6.45, 7) is 2.92. The summed E-state index contributed by atoms with van der Waals surface area (Å²) < 4.78 is 92.2. The molecule has 1 fully saturated rings. The predicted molar refractivity (Wildman–Crippen MR) is 147 cm³/mol. The van der Waals surface area contributed by atoms with Crippen molar-refractivity contribution in [3.8, 4) is 5.75 Å². The first-order valence-electron chi connectivity index (χ1n) is 13.1. The third-order valence-electron chi connectivity index (χ3n) is 7.39. The van der Waals surface area contributed by atoms with Crippen LogP contribution in [0.2, 0.25) is 5.02 Å². The number of sulfonamides is 1. The molecule has 0 radical (unpaired) electrons. The predicted octanol–water partition coefficient (Wildman–Crippen LogP) is 6.02. The Labute approximate surface area is 245 Å². The fraction of sp³-hybridized carbons (Fsp3) is 0.481. The number of ether oxygens (including phenoxy) is 2. The molecule has 1 aliphatic heterocycles. The van der Waals surface area contributed by atoms with Crippen molar-refractivity contribution < 1.29 is 45.0 Å². The fourth-order valence-corrected chi connectivity index (χ4v) is 6.49. The Balaban J connectivity index is 1.63. The van der Waals surface area contributed by atoms with E-state index in [1.165, 1.54) is 18.2 Å². The van der Waals surface area contributed by atoms with Crippen LogP contribution in [0.5, 0.6) is 5.75 Å². The highest BCUT2D eigenvalue weighted by atomic mass is 35.5. The Kier molecular flexibility index (Phi) is 8.62. The third-order valence-corrected chi connectivity index (χ3v) is 9.46. The molecule has 1 saturated carbocycles. The molecule has 2 aromatic rings. The van der Waals surface area contributed by atoms with Gasteiger partial charge in [-0.2, -0.15) is 13.2 Å². The summed E-state index contributed by atoms with van der Waals surface area (Å²) in [4.78, 5) is 24.8. The number of nitrogens with zero attached hydrogens (tertiary/aromatic N) is 1. The van der Waals surface area contributed by atoms with Crippen molar-refractivity contribution in [3.05, 3.63) is 47.2 Å². The molecule has 2 N–H and O–H groups in total. The summed E-state index contributed by atoms with van der Waals surface area (Å²) in [5.41, 5.74) is -3.47. The van der Waals surface area contributed by atoms with Crippen molar-refractivity contribution in [1.82, 2.24) is 5.32 Å².